The minimum atomic E-state index is 0.0839. The van der Waals surface area contributed by atoms with Gasteiger partial charge in [-0.1, -0.05) is 18.2 Å². The van der Waals surface area contributed by atoms with Crippen LogP contribution in [0.25, 0.3) is 0 Å². The Kier molecular flexibility index (Phi) is 3.91. The van der Waals surface area contributed by atoms with Gasteiger partial charge in [0.25, 0.3) is 0 Å². The second kappa shape index (κ2) is 5.45. The second-order valence-corrected chi connectivity index (χ2v) is 5.29. The number of anilines is 2. The van der Waals surface area contributed by atoms with Gasteiger partial charge in [0, 0.05) is 24.5 Å². The Labute approximate surface area is 115 Å². The quantitative estimate of drug-likeness (QED) is 0.893. The van der Waals surface area contributed by atoms with Gasteiger partial charge in [-0.2, -0.15) is 0 Å². The van der Waals surface area contributed by atoms with Crippen molar-refractivity contribution in [3.05, 3.63) is 59.2 Å². The average molecular weight is 254 g/mol. The molecule has 2 rings (SSSR count). The second-order valence-electron chi connectivity index (χ2n) is 5.29. The standard InChI is InChI=1S/C17H22N2/c1-12-9-13(2)11-17(10-12)19(4)16-7-5-15(6-8-16)14(3)18/h5-11,14H,18H2,1-4H3/t14-/m0/s1. The highest BCUT2D eigenvalue weighted by Crippen LogP contribution is 2.26. The molecule has 0 amide bonds. The van der Waals surface area contributed by atoms with Crippen LogP contribution in [0.3, 0.4) is 0 Å². The molecule has 2 aromatic carbocycles. The molecule has 100 valence electrons. The van der Waals surface area contributed by atoms with Gasteiger partial charge < -0.3 is 10.6 Å². The molecule has 2 aromatic rings. The Bertz CT molecular complexity index is 536. The highest BCUT2D eigenvalue weighted by Gasteiger charge is 2.06. The van der Waals surface area contributed by atoms with E-state index in [1.807, 2.05) is 6.92 Å². The zero-order valence-electron chi connectivity index (χ0n) is 12.1. The fraction of sp³-hybridized carbons (Fsp3) is 0.294. The van der Waals surface area contributed by atoms with Gasteiger partial charge in [-0.25, -0.2) is 0 Å². The van der Waals surface area contributed by atoms with Gasteiger partial charge in [0.15, 0.2) is 0 Å². The first-order chi connectivity index (χ1) is 8.97. The molecule has 0 aliphatic carbocycles. The molecule has 2 nitrogen and oxygen atoms in total. The van der Waals surface area contributed by atoms with Crippen LogP contribution < -0.4 is 10.6 Å². The Morgan fingerprint density at radius 2 is 1.42 bits per heavy atom. The maximum absolute atomic E-state index is 5.88. The third-order valence-corrected chi connectivity index (χ3v) is 3.40. The SMILES string of the molecule is Cc1cc(C)cc(N(C)c2ccc([C@H](C)N)cc2)c1. The van der Waals surface area contributed by atoms with Gasteiger partial charge in [0.1, 0.15) is 0 Å². The lowest BCUT2D eigenvalue weighted by Crippen LogP contribution is -2.10. The number of nitrogens with two attached hydrogens (primary N) is 1. The van der Waals surface area contributed by atoms with Crippen molar-refractivity contribution >= 4 is 11.4 Å². The number of hydrogen-bond donors (Lipinski definition) is 1. The number of rotatable bonds is 3. The van der Waals surface area contributed by atoms with Gasteiger partial charge in [-0.05, 0) is 61.7 Å². The first kappa shape index (κ1) is 13.6. The lowest BCUT2D eigenvalue weighted by atomic mass is 10.1. The predicted octanol–water partition coefficient (Wildman–Crippen LogP) is 4.09. The summed E-state index contributed by atoms with van der Waals surface area (Å²) in [6.07, 6.45) is 0. The summed E-state index contributed by atoms with van der Waals surface area (Å²) in [7, 11) is 2.09. The van der Waals surface area contributed by atoms with E-state index in [-0.39, 0.29) is 6.04 Å². The van der Waals surface area contributed by atoms with Crippen LogP contribution in [-0.2, 0) is 0 Å². The molecule has 0 saturated carbocycles. The summed E-state index contributed by atoms with van der Waals surface area (Å²) in [5.74, 6) is 0. The van der Waals surface area contributed by atoms with Gasteiger partial charge in [-0.3, -0.25) is 0 Å². The Hall–Kier alpha value is -1.80. The Morgan fingerprint density at radius 1 is 0.895 bits per heavy atom. The van der Waals surface area contributed by atoms with E-state index in [1.54, 1.807) is 0 Å². The minimum Gasteiger partial charge on any atom is -0.345 e. The van der Waals surface area contributed by atoms with Crippen molar-refractivity contribution in [1.82, 2.24) is 0 Å². The molecule has 0 unspecified atom stereocenters. The molecule has 0 bridgehead atoms. The molecule has 0 fully saturated rings. The molecular formula is C17H22N2. The summed E-state index contributed by atoms with van der Waals surface area (Å²) >= 11 is 0. The molecule has 0 aromatic heterocycles. The van der Waals surface area contributed by atoms with E-state index in [4.69, 9.17) is 5.73 Å². The van der Waals surface area contributed by atoms with Crippen molar-refractivity contribution in [3.63, 3.8) is 0 Å². The van der Waals surface area contributed by atoms with E-state index in [0.717, 1.165) is 5.56 Å². The van der Waals surface area contributed by atoms with E-state index in [0.29, 0.717) is 0 Å². The number of benzene rings is 2. The molecule has 2 heteroatoms. The minimum absolute atomic E-state index is 0.0839. The van der Waals surface area contributed by atoms with E-state index in [2.05, 4.69) is 68.3 Å². The summed E-state index contributed by atoms with van der Waals surface area (Å²) < 4.78 is 0. The zero-order valence-corrected chi connectivity index (χ0v) is 12.1. The van der Waals surface area contributed by atoms with Crippen LogP contribution in [0, 0.1) is 13.8 Å². The summed E-state index contributed by atoms with van der Waals surface area (Å²) in [6, 6.07) is 15.1. The van der Waals surface area contributed by atoms with Crippen molar-refractivity contribution in [2.45, 2.75) is 26.8 Å². The molecule has 0 heterocycles. The van der Waals surface area contributed by atoms with E-state index in [1.165, 1.54) is 22.5 Å². The topological polar surface area (TPSA) is 29.3 Å². The first-order valence-corrected chi connectivity index (χ1v) is 6.65. The fourth-order valence-corrected chi connectivity index (χ4v) is 2.29. The van der Waals surface area contributed by atoms with Crippen LogP contribution in [-0.4, -0.2) is 7.05 Å². The summed E-state index contributed by atoms with van der Waals surface area (Å²) in [4.78, 5) is 2.20. The third-order valence-electron chi connectivity index (χ3n) is 3.40. The molecule has 19 heavy (non-hydrogen) atoms. The normalized spacial score (nSPS) is 12.3. The van der Waals surface area contributed by atoms with Crippen LogP contribution in [0.15, 0.2) is 42.5 Å². The van der Waals surface area contributed by atoms with Gasteiger partial charge in [0.05, 0.1) is 0 Å². The number of hydrogen-bond acceptors (Lipinski definition) is 2. The van der Waals surface area contributed by atoms with E-state index >= 15 is 0 Å². The van der Waals surface area contributed by atoms with E-state index < -0.39 is 0 Å². The van der Waals surface area contributed by atoms with Crippen LogP contribution in [0.4, 0.5) is 11.4 Å². The highest BCUT2D eigenvalue weighted by molar-refractivity contribution is 5.64. The van der Waals surface area contributed by atoms with Crippen LogP contribution in [0.1, 0.15) is 29.7 Å². The lowest BCUT2D eigenvalue weighted by molar-refractivity contribution is 0.818. The monoisotopic (exact) mass is 254 g/mol. The molecule has 2 N–H and O–H groups in total. The van der Waals surface area contributed by atoms with Gasteiger partial charge in [-0.15, -0.1) is 0 Å². The highest BCUT2D eigenvalue weighted by atomic mass is 15.1. The summed E-state index contributed by atoms with van der Waals surface area (Å²) in [5.41, 5.74) is 12.0. The summed E-state index contributed by atoms with van der Waals surface area (Å²) in [5, 5.41) is 0. The third kappa shape index (κ3) is 3.15. The maximum atomic E-state index is 5.88. The predicted molar refractivity (Wildman–Crippen MR) is 83.0 cm³/mol. The molecule has 1 atom stereocenters. The van der Waals surface area contributed by atoms with Crippen molar-refractivity contribution in [3.8, 4) is 0 Å². The number of aryl methyl sites for hydroxylation is 2. The van der Waals surface area contributed by atoms with Gasteiger partial charge >= 0.3 is 0 Å². The zero-order chi connectivity index (χ0) is 14.0. The Morgan fingerprint density at radius 3 is 1.89 bits per heavy atom. The van der Waals surface area contributed by atoms with Crippen molar-refractivity contribution in [2.75, 3.05) is 11.9 Å². The largest absolute Gasteiger partial charge is 0.345 e. The van der Waals surface area contributed by atoms with Crippen molar-refractivity contribution in [2.24, 2.45) is 5.73 Å². The van der Waals surface area contributed by atoms with Crippen LogP contribution >= 0.6 is 0 Å². The number of nitrogens with zero attached hydrogens (tertiary/aromatic N) is 1. The fourth-order valence-electron chi connectivity index (χ4n) is 2.29. The van der Waals surface area contributed by atoms with E-state index in [9.17, 15) is 0 Å². The first-order valence-electron chi connectivity index (χ1n) is 6.65. The van der Waals surface area contributed by atoms with Crippen molar-refractivity contribution < 1.29 is 0 Å². The average Bonchev–Trinajstić information content (AvgIpc) is 2.37. The smallest absolute Gasteiger partial charge is 0.0413 e. The summed E-state index contributed by atoms with van der Waals surface area (Å²) in [6.45, 7) is 6.26. The molecule has 0 aliphatic rings. The van der Waals surface area contributed by atoms with Crippen LogP contribution in [0.2, 0.25) is 0 Å². The molecule has 0 saturated heterocycles. The van der Waals surface area contributed by atoms with Crippen molar-refractivity contribution in [1.29, 1.82) is 0 Å². The molecule has 0 radical (unpaired) electrons. The molecule has 0 aliphatic heterocycles. The lowest BCUT2D eigenvalue weighted by Gasteiger charge is -2.21. The Balaban J connectivity index is 2.30. The molecular weight excluding hydrogens is 232 g/mol. The molecule has 0 spiro atoms. The van der Waals surface area contributed by atoms with Gasteiger partial charge in [0.2, 0.25) is 0 Å². The maximum Gasteiger partial charge on any atom is 0.0413 e. The van der Waals surface area contributed by atoms with Crippen LogP contribution in [0.5, 0.6) is 0 Å².